The summed E-state index contributed by atoms with van der Waals surface area (Å²) >= 11 is 0. The molecule has 0 aromatic heterocycles. The molecule has 1 aliphatic carbocycles. The average Bonchev–Trinajstić information content (AvgIpc) is 2.57. The first kappa shape index (κ1) is 18.8. The first-order valence-corrected chi connectivity index (χ1v) is 8.39. The molecule has 2 atom stereocenters. The Morgan fingerprint density at radius 2 is 1.64 bits per heavy atom. The molecule has 1 fully saturated rings. The first-order valence-electron chi connectivity index (χ1n) is 8.39. The predicted molar refractivity (Wildman–Crippen MR) is 90.8 cm³/mol. The van der Waals surface area contributed by atoms with Crippen molar-refractivity contribution >= 4 is 17.8 Å². The van der Waals surface area contributed by atoms with E-state index in [1.807, 2.05) is 32.0 Å². The summed E-state index contributed by atoms with van der Waals surface area (Å²) in [6, 6.07) is 5.63. The van der Waals surface area contributed by atoms with E-state index in [1.54, 1.807) is 0 Å². The predicted octanol–water partition coefficient (Wildman–Crippen LogP) is 1.72. The van der Waals surface area contributed by atoms with Crippen LogP contribution in [0.1, 0.15) is 36.8 Å². The third-order valence-electron chi connectivity index (χ3n) is 4.31. The number of aryl methyl sites for hydroxylation is 2. The van der Waals surface area contributed by atoms with Gasteiger partial charge < -0.3 is 9.84 Å². The molecule has 1 aromatic rings. The monoisotopic (exact) mass is 348 g/mol. The second-order valence-corrected chi connectivity index (χ2v) is 6.49. The molecule has 2 amide bonds. The lowest BCUT2D eigenvalue weighted by molar-refractivity contribution is -0.149. The minimum Gasteiger partial charge on any atom is -0.484 e. The van der Waals surface area contributed by atoms with E-state index in [4.69, 9.17) is 4.74 Å². The summed E-state index contributed by atoms with van der Waals surface area (Å²) in [6.45, 7) is 3.63. The highest BCUT2D eigenvalue weighted by molar-refractivity contribution is 5.87. The quantitative estimate of drug-likeness (QED) is 0.703. The lowest BCUT2D eigenvalue weighted by atomic mass is 9.79. The van der Waals surface area contributed by atoms with Crippen LogP contribution >= 0.6 is 0 Å². The topological polar surface area (TPSA) is 105 Å². The van der Waals surface area contributed by atoms with Crippen molar-refractivity contribution in [2.75, 3.05) is 6.61 Å². The second-order valence-electron chi connectivity index (χ2n) is 6.49. The Morgan fingerprint density at radius 1 is 1.04 bits per heavy atom. The molecule has 0 aliphatic heterocycles. The molecular weight excluding hydrogens is 324 g/mol. The molecule has 2 rings (SSSR count). The van der Waals surface area contributed by atoms with Gasteiger partial charge in [-0.2, -0.15) is 0 Å². The van der Waals surface area contributed by atoms with Gasteiger partial charge in [-0.25, -0.2) is 0 Å². The van der Waals surface area contributed by atoms with Crippen molar-refractivity contribution in [3.63, 3.8) is 0 Å². The molecule has 25 heavy (non-hydrogen) atoms. The van der Waals surface area contributed by atoms with Crippen molar-refractivity contribution in [1.29, 1.82) is 0 Å². The van der Waals surface area contributed by atoms with Gasteiger partial charge >= 0.3 is 5.97 Å². The third-order valence-corrected chi connectivity index (χ3v) is 4.31. The molecule has 0 radical (unpaired) electrons. The van der Waals surface area contributed by atoms with Gasteiger partial charge in [0, 0.05) is 0 Å². The summed E-state index contributed by atoms with van der Waals surface area (Å²) in [6.07, 6.45) is 2.61. The molecular formula is C18H24N2O5. The van der Waals surface area contributed by atoms with Crippen LogP contribution in [0.15, 0.2) is 18.2 Å². The lowest BCUT2D eigenvalue weighted by Gasteiger charge is -2.27. The Hall–Kier alpha value is -2.57. The van der Waals surface area contributed by atoms with Crippen molar-refractivity contribution < 1.29 is 24.2 Å². The van der Waals surface area contributed by atoms with Gasteiger partial charge in [0.05, 0.1) is 11.8 Å². The Kier molecular flexibility index (Phi) is 6.38. The van der Waals surface area contributed by atoms with E-state index in [-0.39, 0.29) is 6.61 Å². The molecule has 0 heterocycles. The SMILES string of the molecule is Cc1cc(C)cc(OCC(=O)NNC(=O)C2CCCCC2C(=O)O)c1. The van der Waals surface area contributed by atoms with Crippen LogP contribution in [-0.2, 0) is 14.4 Å². The Balaban J connectivity index is 1.80. The standard InChI is InChI=1S/C18H24N2O5/c1-11-7-12(2)9-13(8-11)25-10-16(21)19-20-17(22)14-5-3-4-6-15(14)18(23)24/h7-9,14-15H,3-6,10H2,1-2H3,(H,19,21)(H,20,22)(H,23,24). The van der Waals surface area contributed by atoms with Crippen molar-refractivity contribution in [1.82, 2.24) is 10.9 Å². The van der Waals surface area contributed by atoms with Gasteiger partial charge in [-0.1, -0.05) is 18.9 Å². The molecule has 3 N–H and O–H groups in total. The van der Waals surface area contributed by atoms with Crippen molar-refractivity contribution in [3.05, 3.63) is 29.3 Å². The summed E-state index contributed by atoms with van der Waals surface area (Å²) in [5, 5.41) is 9.20. The van der Waals surface area contributed by atoms with E-state index in [9.17, 15) is 19.5 Å². The van der Waals surface area contributed by atoms with E-state index >= 15 is 0 Å². The number of hydrogen-bond donors (Lipinski definition) is 3. The van der Waals surface area contributed by atoms with Crippen molar-refractivity contribution in [2.24, 2.45) is 11.8 Å². The minimum absolute atomic E-state index is 0.240. The Bertz CT molecular complexity index is 639. The number of amides is 2. The van der Waals surface area contributed by atoms with Crippen LogP contribution in [0.3, 0.4) is 0 Å². The number of carbonyl (C=O) groups excluding carboxylic acids is 2. The maximum Gasteiger partial charge on any atom is 0.307 e. The van der Waals surface area contributed by atoms with Crippen molar-refractivity contribution in [3.8, 4) is 5.75 Å². The summed E-state index contributed by atoms with van der Waals surface area (Å²) in [7, 11) is 0. The fourth-order valence-corrected chi connectivity index (χ4v) is 3.17. The smallest absolute Gasteiger partial charge is 0.307 e. The summed E-state index contributed by atoms with van der Waals surface area (Å²) < 4.78 is 5.41. The molecule has 7 heteroatoms. The molecule has 1 saturated carbocycles. The van der Waals surface area contributed by atoms with Crippen LogP contribution in [0.2, 0.25) is 0 Å². The normalized spacial score (nSPS) is 19.8. The average molecular weight is 348 g/mol. The lowest BCUT2D eigenvalue weighted by Crippen LogP contribution is -2.49. The van der Waals surface area contributed by atoms with E-state index in [0.29, 0.717) is 18.6 Å². The van der Waals surface area contributed by atoms with Gasteiger partial charge in [-0.05, 0) is 49.9 Å². The maximum absolute atomic E-state index is 12.2. The number of aliphatic carboxylic acids is 1. The molecule has 0 saturated heterocycles. The highest BCUT2D eigenvalue weighted by Gasteiger charge is 2.35. The fourth-order valence-electron chi connectivity index (χ4n) is 3.17. The summed E-state index contributed by atoms with van der Waals surface area (Å²) in [4.78, 5) is 35.2. The number of carboxylic acid groups (broad SMARTS) is 1. The number of ether oxygens (including phenoxy) is 1. The highest BCUT2D eigenvalue weighted by Crippen LogP contribution is 2.30. The van der Waals surface area contributed by atoms with Crippen LogP contribution in [0.25, 0.3) is 0 Å². The third kappa shape index (κ3) is 5.48. The number of carbonyl (C=O) groups is 3. The van der Waals surface area contributed by atoms with E-state index in [2.05, 4.69) is 10.9 Å². The minimum atomic E-state index is -0.968. The van der Waals surface area contributed by atoms with Gasteiger partial charge in [0.15, 0.2) is 6.61 Å². The number of rotatable bonds is 5. The fraction of sp³-hybridized carbons (Fsp3) is 0.500. The summed E-state index contributed by atoms with van der Waals surface area (Å²) in [5.41, 5.74) is 6.65. The molecule has 136 valence electrons. The van der Waals surface area contributed by atoms with Crippen LogP contribution < -0.4 is 15.6 Å². The van der Waals surface area contributed by atoms with Crippen LogP contribution in [0.5, 0.6) is 5.75 Å². The summed E-state index contributed by atoms with van der Waals surface area (Å²) in [5.74, 6) is -2.67. The van der Waals surface area contributed by atoms with Gasteiger partial charge in [0.2, 0.25) is 5.91 Å². The zero-order chi connectivity index (χ0) is 18.4. The number of benzene rings is 1. The zero-order valence-corrected chi connectivity index (χ0v) is 14.5. The molecule has 1 aliphatic rings. The zero-order valence-electron chi connectivity index (χ0n) is 14.5. The molecule has 2 unspecified atom stereocenters. The van der Waals surface area contributed by atoms with Gasteiger partial charge in [0.1, 0.15) is 5.75 Å². The van der Waals surface area contributed by atoms with E-state index in [0.717, 1.165) is 24.0 Å². The molecule has 1 aromatic carbocycles. The van der Waals surface area contributed by atoms with Crippen LogP contribution in [-0.4, -0.2) is 29.5 Å². The number of carboxylic acids is 1. The van der Waals surface area contributed by atoms with Crippen LogP contribution in [0, 0.1) is 25.7 Å². The Morgan fingerprint density at radius 3 is 2.24 bits per heavy atom. The number of hydrazine groups is 1. The van der Waals surface area contributed by atoms with Crippen molar-refractivity contribution in [2.45, 2.75) is 39.5 Å². The largest absolute Gasteiger partial charge is 0.484 e. The van der Waals surface area contributed by atoms with Crippen LogP contribution in [0.4, 0.5) is 0 Å². The highest BCUT2D eigenvalue weighted by atomic mass is 16.5. The molecule has 0 spiro atoms. The number of nitrogens with one attached hydrogen (secondary N) is 2. The van der Waals surface area contributed by atoms with E-state index < -0.39 is 29.6 Å². The van der Waals surface area contributed by atoms with E-state index in [1.165, 1.54) is 0 Å². The second kappa shape index (κ2) is 8.50. The first-order chi connectivity index (χ1) is 11.9. The van der Waals surface area contributed by atoms with Gasteiger partial charge in [0.25, 0.3) is 5.91 Å². The Labute approximate surface area is 146 Å². The van der Waals surface area contributed by atoms with Gasteiger partial charge in [-0.3, -0.25) is 25.2 Å². The van der Waals surface area contributed by atoms with Gasteiger partial charge in [-0.15, -0.1) is 0 Å². The molecule has 7 nitrogen and oxygen atoms in total. The number of hydrogen-bond acceptors (Lipinski definition) is 4. The maximum atomic E-state index is 12.2. The molecule has 0 bridgehead atoms.